The van der Waals surface area contributed by atoms with Gasteiger partial charge in [0.2, 0.25) is 0 Å². The third-order valence-corrected chi connectivity index (χ3v) is 3.78. The van der Waals surface area contributed by atoms with Crippen molar-refractivity contribution in [3.63, 3.8) is 0 Å². The highest BCUT2D eigenvalue weighted by atomic mass is 16.4. The standard InChI is InChI=1S/C14H22N4O3/c1-2-18-10-12(8-15-18)16-14(21)17-7-3-4-11(9-17)5-6-13(19)20/h8,10-11H,2-7,9H2,1H3,(H,16,21)(H,19,20). The highest BCUT2D eigenvalue weighted by Gasteiger charge is 2.24. The smallest absolute Gasteiger partial charge is 0.321 e. The molecule has 116 valence electrons. The van der Waals surface area contributed by atoms with E-state index in [1.165, 1.54) is 0 Å². The van der Waals surface area contributed by atoms with Crippen LogP contribution in [0.2, 0.25) is 0 Å². The Morgan fingerprint density at radius 1 is 1.52 bits per heavy atom. The number of piperidine rings is 1. The van der Waals surface area contributed by atoms with Gasteiger partial charge in [-0.05, 0) is 32.1 Å². The number of carboxylic acid groups (broad SMARTS) is 1. The molecule has 2 rings (SSSR count). The second-order valence-corrected chi connectivity index (χ2v) is 5.40. The molecule has 7 nitrogen and oxygen atoms in total. The number of likely N-dealkylation sites (tertiary alicyclic amines) is 1. The quantitative estimate of drug-likeness (QED) is 0.869. The highest BCUT2D eigenvalue weighted by Crippen LogP contribution is 2.21. The molecule has 1 aliphatic rings. The van der Waals surface area contributed by atoms with Gasteiger partial charge in [-0.3, -0.25) is 9.48 Å². The van der Waals surface area contributed by atoms with E-state index < -0.39 is 5.97 Å². The van der Waals surface area contributed by atoms with Crippen molar-refractivity contribution >= 4 is 17.7 Å². The maximum Gasteiger partial charge on any atom is 0.321 e. The van der Waals surface area contributed by atoms with Crippen LogP contribution < -0.4 is 5.32 Å². The number of rotatable bonds is 5. The van der Waals surface area contributed by atoms with Crippen LogP contribution in [0.3, 0.4) is 0 Å². The summed E-state index contributed by atoms with van der Waals surface area (Å²) in [6.07, 6.45) is 6.14. The van der Waals surface area contributed by atoms with Gasteiger partial charge in [0.15, 0.2) is 0 Å². The Bertz CT molecular complexity index is 500. The van der Waals surface area contributed by atoms with Crippen LogP contribution in [0.25, 0.3) is 0 Å². The van der Waals surface area contributed by atoms with Gasteiger partial charge in [-0.15, -0.1) is 0 Å². The van der Waals surface area contributed by atoms with Crippen molar-refractivity contribution in [1.29, 1.82) is 0 Å². The molecule has 0 saturated carbocycles. The van der Waals surface area contributed by atoms with E-state index in [0.717, 1.165) is 25.9 Å². The second-order valence-electron chi connectivity index (χ2n) is 5.40. The summed E-state index contributed by atoms with van der Waals surface area (Å²) < 4.78 is 1.75. The number of aromatic nitrogens is 2. The first-order valence-corrected chi connectivity index (χ1v) is 7.38. The largest absolute Gasteiger partial charge is 0.481 e. The van der Waals surface area contributed by atoms with Gasteiger partial charge in [-0.2, -0.15) is 5.10 Å². The first kappa shape index (κ1) is 15.3. The maximum atomic E-state index is 12.2. The Morgan fingerprint density at radius 3 is 3.00 bits per heavy atom. The first-order valence-electron chi connectivity index (χ1n) is 7.38. The van der Waals surface area contributed by atoms with Crippen LogP contribution in [0.1, 0.15) is 32.6 Å². The van der Waals surface area contributed by atoms with E-state index in [0.29, 0.717) is 18.7 Å². The summed E-state index contributed by atoms with van der Waals surface area (Å²) >= 11 is 0. The lowest BCUT2D eigenvalue weighted by Crippen LogP contribution is -2.42. The van der Waals surface area contributed by atoms with E-state index >= 15 is 0 Å². The molecule has 1 saturated heterocycles. The molecule has 1 fully saturated rings. The van der Waals surface area contributed by atoms with Crippen LogP contribution >= 0.6 is 0 Å². The zero-order chi connectivity index (χ0) is 15.2. The molecule has 0 spiro atoms. The Hall–Kier alpha value is -2.05. The molecular weight excluding hydrogens is 272 g/mol. The number of urea groups is 1. The summed E-state index contributed by atoms with van der Waals surface area (Å²) in [5.41, 5.74) is 0.689. The number of aryl methyl sites for hydroxylation is 1. The van der Waals surface area contributed by atoms with Gasteiger partial charge in [0.1, 0.15) is 0 Å². The lowest BCUT2D eigenvalue weighted by Gasteiger charge is -2.32. The summed E-state index contributed by atoms with van der Waals surface area (Å²) in [7, 11) is 0. The summed E-state index contributed by atoms with van der Waals surface area (Å²) in [5, 5.41) is 15.7. The fourth-order valence-corrected chi connectivity index (χ4v) is 2.62. The summed E-state index contributed by atoms with van der Waals surface area (Å²) in [5.74, 6) is -0.498. The molecule has 0 aliphatic carbocycles. The number of carbonyl (C=O) groups excluding carboxylic acids is 1. The van der Waals surface area contributed by atoms with Crippen molar-refractivity contribution in [3.05, 3.63) is 12.4 Å². The van der Waals surface area contributed by atoms with Crippen molar-refractivity contribution in [1.82, 2.24) is 14.7 Å². The zero-order valence-electron chi connectivity index (χ0n) is 12.3. The lowest BCUT2D eigenvalue weighted by molar-refractivity contribution is -0.137. The predicted molar refractivity (Wildman–Crippen MR) is 78.1 cm³/mol. The number of carboxylic acids is 1. The lowest BCUT2D eigenvalue weighted by atomic mass is 9.93. The molecule has 2 N–H and O–H groups in total. The molecule has 0 bridgehead atoms. The molecule has 0 radical (unpaired) electrons. The topological polar surface area (TPSA) is 87.5 Å². The number of anilines is 1. The zero-order valence-corrected chi connectivity index (χ0v) is 12.3. The van der Waals surface area contributed by atoms with E-state index in [1.807, 2.05) is 6.92 Å². The van der Waals surface area contributed by atoms with Crippen molar-refractivity contribution in [2.75, 3.05) is 18.4 Å². The molecule has 1 unspecified atom stereocenters. The number of nitrogens with zero attached hydrogens (tertiary/aromatic N) is 3. The average molecular weight is 294 g/mol. The van der Waals surface area contributed by atoms with Crippen LogP contribution in [0.4, 0.5) is 10.5 Å². The van der Waals surface area contributed by atoms with Gasteiger partial charge in [0.05, 0.1) is 11.9 Å². The fraction of sp³-hybridized carbons (Fsp3) is 0.643. The molecular formula is C14H22N4O3. The average Bonchev–Trinajstić information content (AvgIpc) is 2.93. The van der Waals surface area contributed by atoms with Gasteiger partial charge < -0.3 is 15.3 Å². The number of hydrogen-bond donors (Lipinski definition) is 2. The molecule has 0 aromatic carbocycles. The van der Waals surface area contributed by atoms with Crippen LogP contribution in [0.5, 0.6) is 0 Å². The minimum Gasteiger partial charge on any atom is -0.481 e. The van der Waals surface area contributed by atoms with E-state index in [2.05, 4.69) is 10.4 Å². The molecule has 2 heterocycles. The molecule has 1 atom stereocenters. The molecule has 1 aromatic rings. The molecule has 7 heteroatoms. The third-order valence-electron chi connectivity index (χ3n) is 3.78. The minimum atomic E-state index is -0.774. The summed E-state index contributed by atoms with van der Waals surface area (Å²) in [6.45, 7) is 4.09. The molecule has 1 aliphatic heterocycles. The number of carbonyl (C=O) groups is 2. The van der Waals surface area contributed by atoms with Gasteiger partial charge in [-0.1, -0.05) is 0 Å². The van der Waals surface area contributed by atoms with Gasteiger partial charge in [0, 0.05) is 32.3 Å². The SMILES string of the molecule is CCn1cc(NC(=O)N2CCCC(CCC(=O)O)C2)cn1. The Morgan fingerprint density at radius 2 is 2.33 bits per heavy atom. The Labute approximate surface area is 123 Å². The van der Waals surface area contributed by atoms with Crippen LogP contribution in [-0.2, 0) is 11.3 Å². The predicted octanol–water partition coefficient (Wildman–Crippen LogP) is 2.01. The second kappa shape index (κ2) is 7.10. The van der Waals surface area contributed by atoms with Crippen LogP contribution in [0, 0.1) is 5.92 Å². The van der Waals surface area contributed by atoms with Gasteiger partial charge in [0.25, 0.3) is 0 Å². The van der Waals surface area contributed by atoms with Gasteiger partial charge >= 0.3 is 12.0 Å². The Kier molecular flexibility index (Phi) is 5.19. The Balaban J connectivity index is 1.85. The van der Waals surface area contributed by atoms with Crippen LogP contribution in [-0.4, -0.2) is 44.9 Å². The molecule has 21 heavy (non-hydrogen) atoms. The number of nitrogens with one attached hydrogen (secondary N) is 1. The minimum absolute atomic E-state index is 0.134. The normalized spacial score (nSPS) is 18.5. The summed E-state index contributed by atoms with van der Waals surface area (Å²) in [4.78, 5) is 24.6. The van der Waals surface area contributed by atoms with Crippen LogP contribution in [0.15, 0.2) is 12.4 Å². The van der Waals surface area contributed by atoms with Gasteiger partial charge in [-0.25, -0.2) is 4.79 Å². The maximum absolute atomic E-state index is 12.2. The molecule has 2 amide bonds. The van der Waals surface area contributed by atoms with Crippen molar-refractivity contribution in [3.8, 4) is 0 Å². The first-order chi connectivity index (χ1) is 10.1. The van der Waals surface area contributed by atoms with E-state index in [4.69, 9.17) is 5.11 Å². The van der Waals surface area contributed by atoms with Crippen molar-refractivity contribution in [2.24, 2.45) is 5.92 Å². The van der Waals surface area contributed by atoms with E-state index in [1.54, 1.807) is 22.0 Å². The number of amides is 2. The van der Waals surface area contributed by atoms with Crippen molar-refractivity contribution in [2.45, 2.75) is 39.2 Å². The highest BCUT2D eigenvalue weighted by molar-refractivity contribution is 5.89. The number of hydrogen-bond acceptors (Lipinski definition) is 3. The van der Waals surface area contributed by atoms with E-state index in [9.17, 15) is 9.59 Å². The van der Waals surface area contributed by atoms with Crippen molar-refractivity contribution < 1.29 is 14.7 Å². The monoisotopic (exact) mass is 294 g/mol. The molecule has 1 aromatic heterocycles. The fourth-order valence-electron chi connectivity index (χ4n) is 2.62. The van der Waals surface area contributed by atoms with E-state index in [-0.39, 0.29) is 18.4 Å². The summed E-state index contributed by atoms with van der Waals surface area (Å²) in [6, 6.07) is -0.134. The third kappa shape index (κ3) is 4.47. The number of aliphatic carboxylic acids is 1.